The number of benzene rings is 1. The van der Waals surface area contributed by atoms with Gasteiger partial charge in [-0.05, 0) is 18.6 Å². The number of hydrogen-bond acceptors (Lipinski definition) is 5. The number of nitrogens with one attached hydrogen (secondary N) is 1. The van der Waals surface area contributed by atoms with Gasteiger partial charge in [-0.2, -0.15) is 8.42 Å². The highest BCUT2D eigenvalue weighted by atomic mass is 32.2. The van der Waals surface area contributed by atoms with E-state index in [2.05, 4.69) is 5.10 Å². The molecule has 22 heavy (non-hydrogen) atoms. The molecule has 1 heterocycles. The van der Waals surface area contributed by atoms with E-state index in [9.17, 15) is 22.6 Å². The molecule has 2 rings (SSSR count). The highest BCUT2D eigenvalue weighted by Gasteiger charge is 2.17. The monoisotopic (exact) mass is 326 g/mol. The van der Waals surface area contributed by atoms with Gasteiger partial charge in [0.25, 0.3) is 15.7 Å². The molecule has 0 saturated heterocycles. The van der Waals surface area contributed by atoms with E-state index in [0.717, 1.165) is 10.7 Å². The Kier molecular flexibility index (Phi) is 4.48. The summed E-state index contributed by atoms with van der Waals surface area (Å²) < 4.78 is 37.6. The van der Waals surface area contributed by atoms with Gasteiger partial charge in [-0.25, -0.2) is 9.48 Å². The molecule has 9 heteroatoms. The van der Waals surface area contributed by atoms with Gasteiger partial charge >= 0.3 is 5.97 Å². The number of carbonyl (C=O) groups is 1. The number of esters is 1. The first-order valence-electron chi connectivity index (χ1n) is 6.35. The maximum Gasteiger partial charge on any atom is 0.356 e. The third-order valence-corrected chi connectivity index (χ3v) is 3.82. The van der Waals surface area contributed by atoms with Crippen molar-refractivity contribution < 1.29 is 22.5 Å². The molecule has 0 aliphatic rings. The predicted molar refractivity (Wildman–Crippen MR) is 76.4 cm³/mol. The Balaban J connectivity index is 2.37. The minimum Gasteiger partial charge on any atom is -0.461 e. The van der Waals surface area contributed by atoms with E-state index >= 15 is 0 Å². The van der Waals surface area contributed by atoms with Crippen molar-refractivity contribution in [2.24, 2.45) is 0 Å². The van der Waals surface area contributed by atoms with E-state index in [1.54, 1.807) is 13.0 Å². The van der Waals surface area contributed by atoms with Crippen molar-refractivity contribution in [2.45, 2.75) is 18.4 Å². The molecular formula is C13H14N2O6S. The summed E-state index contributed by atoms with van der Waals surface area (Å²) in [5.41, 5.74) is -0.339. The molecule has 118 valence electrons. The molecular weight excluding hydrogens is 312 g/mol. The fourth-order valence-electron chi connectivity index (χ4n) is 1.92. The molecule has 0 atom stereocenters. The second-order valence-corrected chi connectivity index (χ2v) is 5.79. The van der Waals surface area contributed by atoms with Gasteiger partial charge in [0.05, 0.1) is 18.0 Å². The molecule has 1 aromatic heterocycles. The van der Waals surface area contributed by atoms with Crippen LogP contribution in [0.2, 0.25) is 0 Å². The molecule has 1 aromatic carbocycles. The van der Waals surface area contributed by atoms with E-state index in [1.165, 1.54) is 18.2 Å². The highest BCUT2D eigenvalue weighted by molar-refractivity contribution is 7.85. The van der Waals surface area contributed by atoms with Crippen LogP contribution in [0.3, 0.4) is 0 Å². The van der Waals surface area contributed by atoms with Crippen LogP contribution >= 0.6 is 0 Å². The number of H-pyrrole nitrogens is 1. The number of nitrogens with zero attached hydrogens (tertiary/aromatic N) is 1. The van der Waals surface area contributed by atoms with Gasteiger partial charge in [0.2, 0.25) is 0 Å². The Labute approximate surface area is 126 Å². The molecule has 0 amide bonds. The fraction of sp³-hybridized carbons (Fsp3) is 0.231. The molecule has 0 aliphatic carbocycles. The minimum atomic E-state index is -4.41. The summed E-state index contributed by atoms with van der Waals surface area (Å²) in [5, 5.41) is 2.55. The molecule has 0 aliphatic heterocycles. The molecule has 0 bridgehead atoms. The lowest BCUT2D eigenvalue weighted by Crippen LogP contribution is -2.18. The molecule has 0 fully saturated rings. The molecule has 0 radical (unpaired) electrons. The molecule has 2 N–H and O–H groups in total. The van der Waals surface area contributed by atoms with E-state index in [-0.39, 0.29) is 29.3 Å². The lowest BCUT2D eigenvalue weighted by atomic mass is 10.2. The molecule has 0 unspecified atom stereocenters. The van der Waals surface area contributed by atoms with Crippen molar-refractivity contribution in [2.75, 3.05) is 6.61 Å². The number of hydrogen-bond donors (Lipinski definition) is 2. The third kappa shape index (κ3) is 3.43. The summed E-state index contributed by atoms with van der Waals surface area (Å²) in [4.78, 5) is 23.1. The molecule has 0 spiro atoms. The molecule has 8 nitrogen and oxygen atoms in total. The standard InChI is InChI=1S/C13H14N2O6S/c1-2-21-13(17)10-7-12(16)15(14-10)8-9-5-3-4-6-11(9)22(18,19)20/h3-7,14H,2,8H2,1H3,(H,18,19,20). The molecule has 2 aromatic rings. The average Bonchev–Trinajstić information content (AvgIpc) is 2.80. The van der Waals surface area contributed by atoms with E-state index in [1.807, 2.05) is 0 Å². The van der Waals surface area contributed by atoms with Gasteiger partial charge in [-0.15, -0.1) is 0 Å². The Morgan fingerprint density at radius 1 is 1.36 bits per heavy atom. The number of aromatic amines is 1. The average molecular weight is 326 g/mol. The van der Waals surface area contributed by atoms with Crippen LogP contribution < -0.4 is 5.56 Å². The lowest BCUT2D eigenvalue weighted by Gasteiger charge is -2.07. The fourth-order valence-corrected chi connectivity index (χ4v) is 2.64. The van der Waals surface area contributed by atoms with Crippen LogP contribution in [-0.4, -0.2) is 35.3 Å². The van der Waals surface area contributed by atoms with Crippen molar-refractivity contribution in [1.29, 1.82) is 0 Å². The second kappa shape index (κ2) is 6.16. The van der Waals surface area contributed by atoms with Crippen LogP contribution in [0.25, 0.3) is 0 Å². The lowest BCUT2D eigenvalue weighted by molar-refractivity contribution is 0.0518. The summed E-state index contributed by atoms with van der Waals surface area (Å²) in [6, 6.07) is 6.78. The summed E-state index contributed by atoms with van der Waals surface area (Å²) in [6.07, 6.45) is 0. The van der Waals surface area contributed by atoms with Crippen molar-refractivity contribution in [3.63, 3.8) is 0 Å². The predicted octanol–water partition coefficient (Wildman–Crippen LogP) is 0.648. The van der Waals surface area contributed by atoms with Crippen LogP contribution in [0, 0.1) is 0 Å². The minimum absolute atomic E-state index is 0.0313. The number of carbonyl (C=O) groups excluding carboxylic acids is 1. The van der Waals surface area contributed by atoms with Crippen LogP contribution in [-0.2, 0) is 21.4 Å². The first-order chi connectivity index (χ1) is 10.3. The number of aromatic nitrogens is 2. The zero-order valence-corrected chi connectivity index (χ0v) is 12.5. The Hall–Kier alpha value is -2.39. The van der Waals surface area contributed by atoms with Gasteiger partial charge in [0.15, 0.2) is 0 Å². The van der Waals surface area contributed by atoms with Crippen molar-refractivity contribution >= 4 is 16.1 Å². The Bertz CT molecular complexity index is 849. The van der Waals surface area contributed by atoms with Crippen LogP contribution in [0.15, 0.2) is 40.0 Å². The van der Waals surface area contributed by atoms with Crippen LogP contribution in [0.4, 0.5) is 0 Å². The van der Waals surface area contributed by atoms with Gasteiger partial charge in [-0.3, -0.25) is 14.4 Å². The number of rotatable bonds is 5. The van der Waals surface area contributed by atoms with Crippen molar-refractivity contribution in [3.8, 4) is 0 Å². The summed E-state index contributed by atoms with van der Waals surface area (Å²) in [6.45, 7) is 1.65. The summed E-state index contributed by atoms with van der Waals surface area (Å²) >= 11 is 0. The Morgan fingerprint density at radius 3 is 2.68 bits per heavy atom. The Morgan fingerprint density at radius 2 is 2.05 bits per heavy atom. The molecule has 0 saturated carbocycles. The van der Waals surface area contributed by atoms with Gasteiger partial charge < -0.3 is 4.74 Å². The number of ether oxygens (including phenoxy) is 1. The normalized spacial score (nSPS) is 11.4. The van der Waals surface area contributed by atoms with Crippen LogP contribution in [0.1, 0.15) is 23.0 Å². The van der Waals surface area contributed by atoms with Crippen molar-refractivity contribution in [1.82, 2.24) is 9.78 Å². The zero-order chi connectivity index (χ0) is 16.3. The first-order valence-corrected chi connectivity index (χ1v) is 7.79. The van der Waals surface area contributed by atoms with E-state index < -0.39 is 21.6 Å². The topological polar surface area (TPSA) is 118 Å². The zero-order valence-electron chi connectivity index (χ0n) is 11.6. The van der Waals surface area contributed by atoms with Gasteiger partial charge in [-0.1, -0.05) is 18.2 Å². The highest BCUT2D eigenvalue weighted by Crippen LogP contribution is 2.15. The first kappa shape index (κ1) is 16.0. The third-order valence-electron chi connectivity index (χ3n) is 2.86. The van der Waals surface area contributed by atoms with E-state index in [0.29, 0.717) is 0 Å². The maximum atomic E-state index is 11.8. The van der Waals surface area contributed by atoms with Gasteiger partial charge in [0, 0.05) is 6.07 Å². The summed E-state index contributed by atoms with van der Waals surface area (Å²) in [5.74, 6) is -0.679. The summed E-state index contributed by atoms with van der Waals surface area (Å²) in [7, 11) is -4.41. The SMILES string of the molecule is CCOC(=O)c1cc(=O)n(Cc2ccccc2S(=O)(=O)O)[nH]1. The maximum absolute atomic E-state index is 11.8. The van der Waals surface area contributed by atoms with Crippen molar-refractivity contribution in [3.05, 3.63) is 51.9 Å². The smallest absolute Gasteiger partial charge is 0.356 e. The largest absolute Gasteiger partial charge is 0.461 e. The van der Waals surface area contributed by atoms with Crippen LogP contribution in [0.5, 0.6) is 0 Å². The van der Waals surface area contributed by atoms with E-state index in [4.69, 9.17) is 4.74 Å². The second-order valence-electron chi connectivity index (χ2n) is 4.40. The van der Waals surface area contributed by atoms with Gasteiger partial charge in [0.1, 0.15) is 5.69 Å². The quantitative estimate of drug-likeness (QED) is 0.615.